The summed E-state index contributed by atoms with van der Waals surface area (Å²) in [6, 6.07) is 54.5. The van der Waals surface area contributed by atoms with Crippen LogP contribution in [0.1, 0.15) is 28.9 Å². The normalized spacial score (nSPS) is 16.4. The first-order valence-electron chi connectivity index (χ1n) is 14.2. The zero-order valence-electron chi connectivity index (χ0n) is 22.5. The molecule has 2 N–H and O–H groups in total. The quantitative estimate of drug-likeness (QED) is 0.239. The number of para-hydroxylation sites is 3. The van der Waals surface area contributed by atoms with Gasteiger partial charge in [0, 0.05) is 22.1 Å². The fourth-order valence-corrected chi connectivity index (χ4v) is 6.30. The van der Waals surface area contributed by atoms with E-state index in [-0.39, 0.29) is 12.2 Å². The lowest BCUT2D eigenvalue weighted by Crippen LogP contribution is -2.37. The molecule has 2 atom stereocenters. The Morgan fingerprint density at radius 3 is 1.73 bits per heavy atom. The van der Waals surface area contributed by atoms with Gasteiger partial charge in [-0.25, -0.2) is 0 Å². The zero-order valence-corrected chi connectivity index (χ0v) is 22.5. The molecule has 2 heterocycles. The number of hydrogen-bond acceptors (Lipinski definition) is 2. The maximum Gasteiger partial charge on any atom is 0.104 e. The molecular weight excluding hydrogens is 498 g/mol. The lowest BCUT2D eigenvalue weighted by atomic mass is 9.92. The summed E-state index contributed by atoms with van der Waals surface area (Å²) in [5.74, 6) is 0. The molecule has 2 unspecified atom stereocenters. The van der Waals surface area contributed by atoms with E-state index in [0.717, 1.165) is 5.69 Å². The first-order valence-corrected chi connectivity index (χ1v) is 14.2. The van der Waals surface area contributed by atoms with Crippen LogP contribution in [0.5, 0.6) is 0 Å². The van der Waals surface area contributed by atoms with Crippen molar-refractivity contribution in [2.45, 2.75) is 12.2 Å². The smallest absolute Gasteiger partial charge is 0.104 e. The number of rotatable bonds is 4. The summed E-state index contributed by atoms with van der Waals surface area (Å²) in [6.07, 6.45) is -0.0177. The molecule has 0 fully saturated rings. The van der Waals surface area contributed by atoms with E-state index in [4.69, 9.17) is 0 Å². The Morgan fingerprint density at radius 1 is 0.463 bits per heavy atom. The molecule has 0 aliphatic carbocycles. The van der Waals surface area contributed by atoms with Crippen molar-refractivity contribution in [3.63, 3.8) is 0 Å². The van der Waals surface area contributed by atoms with Crippen LogP contribution in [0, 0.1) is 0 Å². The molecule has 0 radical (unpaired) electrons. The maximum atomic E-state index is 3.90. The molecule has 7 aromatic rings. The Bertz CT molecular complexity index is 1930. The van der Waals surface area contributed by atoms with E-state index in [2.05, 4.69) is 167 Å². The molecule has 0 saturated heterocycles. The van der Waals surface area contributed by atoms with E-state index in [1.807, 2.05) is 0 Å². The van der Waals surface area contributed by atoms with E-state index in [0.29, 0.717) is 0 Å². The van der Waals surface area contributed by atoms with Gasteiger partial charge >= 0.3 is 0 Å². The second-order valence-electron chi connectivity index (χ2n) is 10.7. The molecule has 1 aromatic heterocycles. The predicted octanol–water partition coefficient (Wildman–Crippen LogP) is 9.25. The molecule has 0 spiro atoms. The summed E-state index contributed by atoms with van der Waals surface area (Å²) in [6.45, 7) is 0. The molecule has 1 aliphatic heterocycles. The van der Waals surface area contributed by atoms with Crippen molar-refractivity contribution in [2.75, 3.05) is 5.32 Å². The van der Waals surface area contributed by atoms with Gasteiger partial charge in [-0.2, -0.15) is 0 Å². The topological polar surface area (TPSA) is 29.0 Å². The summed E-state index contributed by atoms with van der Waals surface area (Å²) in [5.41, 5.74) is 11.0. The number of anilines is 1. The standard InChI is InChI=1S/C38H29N3/c1-2-10-26(11-3-1)27-18-20-28(21-19-27)37-33-14-4-7-15-34(33)39-38(40-37)29-22-24-30(25-23-29)41-35-16-8-5-12-31(35)32-13-6-9-17-36(32)41/h1-25,37-40H. The van der Waals surface area contributed by atoms with Crippen molar-refractivity contribution in [2.24, 2.45) is 0 Å². The molecular formula is C38H29N3. The molecule has 0 amide bonds. The van der Waals surface area contributed by atoms with E-state index in [1.54, 1.807) is 0 Å². The number of benzene rings is 6. The highest BCUT2D eigenvalue weighted by molar-refractivity contribution is 6.09. The SMILES string of the molecule is c1ccc(-c2ccc(C3NC(c4ccc(-n5c6ccccc6c6ccccc65)cc4)Nc4ccccc43)cc2)cc1. The van der Waals surface area contributed by atoms with E-state index in [9.17, 15) is 0 Å². The first-order chi connectivity index (χ1) is 20.3. The van der Waals surface area contributed by atoms with Gasteiger partial charge in [0.05, 0.1) is 17.1 Å². The molecule has 1 aliphatic rings. The molecule has 196 valence electrons. The molecule has 0 bridgehead atoms. The number of aromatic nitrogens is 1. The van der Waals surface area contributed by atoms with E-state index >= 15 is 0 Å². The average molecular weight is 528 g/mol. The van der Waals surface area contributed by atoms with Crippen LogP contribution in [0.4, 0.5) is 5.69 Å². The summed E-state index contributed by atoms with van der Waals surface area (Å²) in [5, 5.41) is 10.2. The van der Waals surface area contributed by atoms with Gasteiger partial charge < -0.3 is 9.88 Å². The minimum absolute atomic E-state index is 0.0177. The van der Waals surface area contributed by atoms with Crippen molar-refractivity contribution in [1.82, 2.24) is 9.88 Å². The third-order valence-corrected chi connectivity index (χ3v) is 8.32. The van der Waals surface area contributed by atoms with Crippen LogP contribution in [0.25, 0.3) is 38.6 Å². The average Bonchev–Trinajstić information content (AvgIpc) is 3.39. The van der Waals surface area contributed by atoms with Crippen LogP contribution in [0.3, 0.4) is 0 Å². The highest BCUT2D eigenvalue weighted by Crippen LogP contribution is 2.38. The predicted molar refractivity (Wildman–Crippen MR) is 170 cm³/mol. The van der Waals surface area contributed by atoms with Crippen molar-refractivity contribution in [3.05, 3.63) is 168 Å². The van der Waals surface area contributed by atoms with Crippen LogP contribution in [-0.4, -0.2) is 4.57 Å². The highest BCUT2D eigenvalue weighted by Gasteiger charge is 2.27. The summed E-state index contributed by atoms with van der Waals surface area (Å²) in [7, 11) is 0. The number of nitrogens with one attached hydrogen (secondary N) is 2. The third-order valence-electron chi connectivity index (χ3n) is 8.32. The Kier molecular flexibility index (Phi) is 5.68. The van der Waals surface area contributed by atoms with Crippen molar-refractivity contribution >= 4 is 27.5 Å². The highest BCUT2D eigenvalue weighted by atomic mass is 15.2. The number of fused-ring (bicyclic) bond motifs is 4. The molecule has 3 nitrogen and oxygen atoms in total. The van der Waals surface area contributed by atoms with Crippen molar-refractivity contribution < 1.29 is 0 Å². The van der Waals surface area contributed by atoms with Crippen molar-refractivity contribution in [1.29, 1.82) is 0 Å². The second kappa shape index (κ2) is 9.81. The Morgan fingerprint density at radius 2 is 1.02 bits per heavy atom. The van der Waals surface area contributed by atoms with Crippen LogP contribution in [0.15, 0.2) is 152 Å². The van der Waals surface area contributed by atoms with Gasteiger partial charge in [-0.1, -0.05) is 121 Å². The third kappa shape index (κ3) is 4.10. The van der Waals surface area contributed by atoms with Gasteiger partial charge in [0.1, 0.15) is 6.17 Å². The van der Waals surface area contributed by atoms with E-state index in [1.165, 1.54) is 55.3 Å². The van der Waals surface area contributed by atoms with Crippen LogP contribution in [0.2, 0.25) is 0 Å². The van der Waals surface area contributed by atoms with Gasteiger partial charge in [-0.3, -0.25) is 5.32 Å². The Balaban J connectivity index is 1.14. The summed E-state index contributed by atoms with van der Waals surface area (Å²) in [4.78, 5) is 0. The van der Waals surface area contributed by atoms with Gasteiger partial charge in [0.2, 0.25) is 0 Å². The lowest BCUT2D eigenvalue weighted by molar-refractivity contribution is 0.506. The molecule has 6 aromatic carbocycles. The first kappa shape index (κ1) is 23.7. The Hall–Kier alpha value is -5.12. The van der Waals surface area contributed by atoms with E-state index < -0.39 is 0 Å². The fourth-order valence-electron chi connectivity index (χ4n) is 6.30. The minimum Gasteiger partial charge on any atom is -0.366 e. The second-order valence-corrected chi connectivity index (χ2v) is 10.7. The van der Waals surface area contributed by atoms with Gasteiger partial charge in [0.25, 0.3) is 0 Å². The molecule has 41 heavy (non-hydrogen) atoms. The van der Waals surface area contributed by atoms with Crippen LogP contribution in [-0.2, 0) is 0 Å². The van der Waals surface area contributed by atoms with Crippen LogP contribution >= 0.6 is 0 Å². The van der Waals surface area contributed by atoms with Crippen LogP contribution < -0.4 is 10.6 Å². The zero-order chi connectivity index (χ0) is 27.2. The largest absolute Gasteiger partial charge is 0.366 e. The fraction of sp³-hybridized carbons (Fsp3) is 0.0526. The molecule has 8 rings (SSSR count). The van der Waals surface area contributed by atoms with Gasteiger partial charge in [0.15, 0.2) is 0 Å². The minimum atomic E-state index is -0.0177. The lowest BCUT2D eigenvalue weighted by Gasteiger charge is -2.35. The summed E-state index contributed by atoms with van der Waals surface area (Å²) < 4.78 is 2.36. The monoisotopic (exact) mass is 527 g/mol. The number of nitrogens with zero attached hydrogens (tertiary/aromatic N) is 1. The Labute approximate surface area is 239 Å². The number of hydrogen-bond donors (Lipinski definition) is 2. The van der Waals surface area contributed by atoms with Gasteiger partial charge in [-0.05, 0) is 58.1 Å². The van der Waals surface area contributed by atoms with Gasteiger partial charge in [-0.15, -0.1) is 0 Å². The molecule has 3 heteroatoms. The maximum absolute atomic E-state index is 3.90. The van der Waals surface area contributed by atoms with Crippen molar-refractivity contribution in [3.8, 4) is 16.8 Å². The summed E-state index contributed by atoms with van der Waals surface area (Å²) >= 11 is 0. The molecule has 0 saturated carbocycles.